The van der Waals surface area contributed by atoms with Gasteiger partial charge in [0.15, 0.2) is 0 Å². The molecule has 1 aromatic carbocycles. The molecule has 1 aliphatic rings. The average molecular weight is 316 g/mol. The number of pyridine rings is 1. The normalized spacial score (nSPS) is 21.0. The minimum atomic E-state index is -3.19. The molecule has 4 nitrogen and oxygen atoms in total. The number of nitrogens with one attached hydrogen (secondary N) is 1. The van der Waals surface area contributed by atoms with E-state index in [1.165, 1.54) is 5.56 Å². The van der Waals surface area contributed by atoms with Crippen LogP contribution in [0.5, 0.6) is 0 Å². The molecular formula is C17H20N2O2S. The van der Waals surface area contributed by atoms with Crippen molar-refractivity contribution < 1.29 is 8.42 Å². The fraction of sp³-hybridized carbons (Fsp3) is 0.353. The number of aromatic nitrogens is 1. The van der Waals surface area contributed by atoms with Crippen LogP contribution in [0.3, 0.4) is 0 Å². The van der Waals surface area contributed by atoms with Crippen molar-refractivity contribution in [2.45, 2.75) is 37.5 Å². The molecule has 2 atom stereocenters. The highest BCUT2D eigenvalue weighted by molar-refractivity contribution is 7.90. The van der Waals surface area contributed by atoms with Gasteiger partial charge in [-0.15, -0.1) is 0 Å². The second kappa shape index (κ2) is 5.82. The molecule has 0 amide bonds. The molecule has 0 aliphatic heterocycles. The SMILES string of the molecule is CC(C)S(=O)(=O)NC1CC1c1ccc(-c2ccccn2)cc1. The Kier molecular flexibility index (Phi) is 4.02. The smallest absolute Gasteiger partial charge is 0.214 e. The number of rotatable bonds is 5. The van der Waals surface area contributed by atoms with Crippen LogP contribution in [0.25, 0.3) is 11.3 Å². The minimum absolute atomic E-state index is 0.0353. The standard InChI is InChI=1S/C17H20N2O2S/c1-12(2)22(20,21)19-17-11-15(17)13-6-8-14(9-7-13)16-5-3-4-10-18-16/h3-10,12,15,17,19H,11H2,1-2H3. The molecule has 1 aliphatic carbocycles. The Morgan fingerprint density at radius 3 is 2.45 bits per heavy atom. The Labute approximate surface area is 131 Å². The van der Waals surface area contributed by atoms with Crippen molar-refractivity contribution in [3.8, 4) is 11.3 Å². The van der Waals surface area contributed by atoms with Crippen LogP contribution in [0.1, 0.15) is 31.7 Å². The molecule has 3 rings (SSSR count). The highest BCUT2D eigenvalue weighted by Crippen LogP contribution is 2.41. The van der Waals surface area contributed by atoms with E-state index < -0.39 is 10.0 Å². The summed E-state index contributed by atoms with van der Waals surface area (Å²) in [6, 6.07) is 14.1. The summed E-state index contributed by atoms with van der Waals surface area (Å²) >= 11 is 0. The summed E-state index contributed by atoms with van der Waals surface area (Å²) in [7, 11) is -3.19. The summed E-state index contributed by atoms with van der Waals surface area (Å²) in [5.41, 5.74) is 3.20. The van der Waals surface area contributed by atoms with Crippen LogP contribution in [0.15, 0.2) is 48.7 Å². The summed E-state index contributed by atoms with van der Waals surface area (Å²) in [5.74, 6) is 0.284. The van der Waals surface area contributed by atoms with E-state index in [0.717, 1.165) is 17.7 Å². The first-order valence-electron chi connectivity index (χ1n) is 7.50. The third-order valence-electron chi connectivity index (χ3n) is 4.03. The summed E-state index contributed by atoms with van der Waals surface area (Å²) < 4.78 is 26.5. The third-order valence-corrected chi connectivity index (χ3v) is 5.90. The molecule has 0 bridgehead atoms. The molecule has 22 heavy (non-hydrogen) atoms. The van der Waals surface area contributed by atoms with Crippen molar-refractivity contribution in [3.05, 3.63) is 54.2 Å². The van der Waals surface area contributed by atoms with Gasteiger partial charge in [-0.05, 0) is 38.0 Å². The largest absolute Gasteiger partial charge is 0.256 e. The first-order chi connectivity index (χ1) is 10.5. The van der Waals surface area contributed by atoms with E-state index >= 15 is 0 Å². The van der Waals surface area contributed by atoms with E-state index in [9.17, 15) is 8.42 Å². The number of benzene rings is 1. The second-order valence-corrected chi connectivity index (χ2v) is 8.27. The van der Waals surface area contributed by atoms with Crippen molar-refractivity contribution in [2.24, 2.45) is 0 Å². The molecule has 2 aromatic rings. The van der Waals surface area contributed by atoms with Gasteiger partial charge in [-0.3, -0.25) is 4.98 Å². The van der Waals surface area contributed by atoms with Crippen LogP contribution in [0.4, 0.5) is 0 Å². The Morgan fingerprint density at radius 1 is 1.14 bits per heavy atom. The maximum absolute atomic E-state index is 11.9. The minimum Gasteiger partial charge on any atom is -0.256 e. The lowest BCUT2D eigenvalue weighted by atomic mass is 10.1. The molecule has 1 fully saturated rings. The quantitative estimate of drug-likeness (QED) is 0.922. The summed E-state index contributed by atoms with van der Waals surface area (Å²) in [6.07, 6.45) is 2.65. The lowest BCUT2D eigenvalue weighted by molar-refractivity contribution is 0.571. The first kappa shape index (κ1) is 15.2. The van der Waals surface area contributed by atoms with Crippen LogP contribution in [-0.2, 0) is 10.0 Å². The van der Waals surface area contributed by atoms with Crippen LogP contribution >= 0.6 is 0 Å². The lowest BCUT2D eigenvalue weighted by Gasteiger charge is -2.09. The lowest BCUT2D eigenvalue weighted by Crippen LogP contribution is -2.33. The molecular weight excluding hydrogens is 296 g/mol. The molecule has 1 saturated carbocycles. The molecule has 5 heteroatoms. The highest BCUT2D eigenvalue weighted by atomic mass is 32.2. The summed E-state index contributed by atoms with van der Waals surface area (Å²) in [5, 5.41) is -0.389. The molecule has 1 heterocycles. The number of hydrogen-bond acceptors (Lipinski definition) is 3. The van der Waals surface area contributed by atoms with Gasteiger partial charge in [-0.25, -0.2) is 13.1 Å². The van der Waals surface area contributed by atoms with E-state index in [-0.39, 0.29) is 17.2 Å². The van der Waals surface area contributed by atoms with Crippen molar-refractivity contribution >= 4 is 10.0 Å². The first-order valence-corrected chi connectivity index (χ1v) is 9.04. The van der Waals surface area contributed by atoms with Gasteiger partial charge in [0.05, 0.1) is 10.9 Å². The third kappa shape index (κ3) is 3.20. The molecule has 2 unspecified atom stereocenters. The maximum atomic E-state index is 11.9. The van der Waals surface area contributed by atoms with Crippen molar-refractivity contribution in [2.75, 3.05) is 0 Å². The molecule has 0 saturated heterocycles. The molecule has 116 valence electrons. The van der Waals surface area contributed by atoms with E-state index in [2.05, 4.69) is 21.8 Å². The van der Waals surface area contributed by atoms with Gasteiger partial charge < -0.3 is 0 Å². The molecule has 1 N–H and O–H groups in total. The van der Waals surface area contributed by atoms with Crippen LogP contribution in [-0.4, -0.2) is 24.7 Å². The van der Waals surface area contributed by atoms with Gasteiger partial charge in [0, 0.05) is 23.7 Å². The highest BCUT2D eigenvalue weighted by Gasteiger charge is 2.41. The fourth-order valence-electron chi connectivity index (χ4n) is 2.48. The maximum Gasteiger partial charge on any atom is 0.214 e. The summed E-state index contributed by atoms with van der Waals surface area (Å²) in [6.45, 7) is 3.39. The van der Waals surface area contributed by atoms with Gasteiger partial charge in [0.1, 0.15) is 0 Å². The van der Waals surface area contributed by atoms with Crippen molar-refractivity contribution in [1.29, 1.82) is 0 Å². The number of nitrogens with zero attached hydrogens (tertiary/aromatic N) is 1. The Morgan fingerprint density at radius 2 is 1.86 bits per heavy atom. The summed E-state index contributed by atoms with van der Waals surface area (Å²) in [4.78, 5) is 4.33. The zero-order valence-corrected chi connectivity index (χ0v) is 13.5. The Balaban J connectivity index is 1.68. The van der Waals surface area contributed by atoms with E-state index in [4.69, 9.17) is 0 Å². The van der Waals surface area contributed by atoms with Crippen molar-refractivity contribution in [1.82, 2.24) is 9.71 Å². The monoisotopic (exact) mass is 316 g/mol. The Bertz CT molecular complexity index is 740. The van der Waals surface area contributed by atoms with Gasteiger partial charge in [-0.2, -0.15) is 0 Å². The van der Waals surface area contributed by atoms with Gasteiger partial charge >= 0.3 is 0 Å². The van der Waals surface area contributed by atoms with Gasteiger partial charge in [0.2, 0.25) is 10.0 Å². The van der Waals surface area contributed by atoms with Crippen LogP contribution in [0.2, 0.25) is 0 Å². The predicted molar refractivity (Wildman–Crippen MR) is 88.0 cm³/mol. The molecule has 0 spiro atoms. The predicted octanol–water partition coefficient (Wildman–Crippen LogP) is 2.93. The van der Waals surface area contributed by atoms with Crippen molar-refractivity contribution in [3.63, 3.8) is 0 Å². The second-order valence-electron chi connectivity index (χ2n) is 6.00. The topological polar surface area (TPSA) is 59.1 Å². The molecule has 1 aromatic heterocycles. The van der Waals surface area contributed by atoms with E-state index in [1.54, 1.807) is 20.0 Å². The Hall–Kier alpha value is -1.72. The fourth-order valence-corrected chi connectivity index (χ4v) is 3.43. The van der Waals surface area contributed by atoms with Gasteiger partial charge in [-0.1, -0.05) is 30.3 Å². The van der Waals surface area contributed by atoms with Gasteiger partial charge in [0.25, 0.3) is 0 Å². The zero-order chi connectivity index (χ0) is 15.7. The number of hydrogen-bond donors (Lipinski definition) is 1. The number of sulfonamides is 1. The van der Waals surface area contributed by atoms with E-state index in [0.29, 0.717) is 0 Å². The van der Waals surface area contributed by atoms with Crippen LogP contribution in [0, 0.1) is 0 Å². The zero-order valence-electron chi connectivity index (χ0n) is 12.7. The van der Waals surface area contributed by atoms with E-state index in [1.807, 2.05) is 30.3 Å². The average Bonchev–Trinajstić information content (AvgIpc) is 3.26. The van der Waals surface area contributed by atoms with Crippen LogP contribution < -0.4 is 4.72 Å². The molecule has 0 radical (unpaired) electrons.